The van der Waals surface area contributed by atoms with Crippen LogP contribution in [0, 0.1) is 5.82 Å². The Bertz CT molecular complexity index is 319. The van der Waals surface area contributed by atoms with Gasteiger partial charge in [-0.15, -0.1) is 0 Å². The van der Waals surface area contributed by atoms with Crippen LogP contribution in [0.5, 0.6) is 0 Å². The Morgan fingerprint density at radius 2 is 2.07 bits per heavy atom. The van der Waals surface area contributed by atoms with Gasteiger partial charge in [0.05, 0.1) is 0 Å². The molecule has 3 heteroatoms. The first-order valence-electron chi connectivity index (χ1n) is 4.43. The molecular formula is C11H13ClFN. The van der Waals surface area contributed by atoms with Gasteiger partial charge in [-0.3, -0.25) is 0 Å². The van der Waals surface area contributed by atoms with Crippen LogP contribution in [0.3, 0.4) is 0 Å². The quantitative estimate of drug-likeness (QED) is 0.821. The maximum Gasteiger partial charge on any atom is 0.123 e. The van der Waals surface area contributed by atoms with Gasteiger partial charge in [0.25, 0.3) is 0 Å². The third-order valence-electron chi connectivity index (χ3n) is 2.30. The van der Waals surface area contributed by atoms with Gasteiger partial charge in [-0.05, 0) is 23.3 Å². The number of halogens is 2. The Morgan fingerprint density at radius 3 is 2.50 bits per heavy atom. The molecule has 1 atom stereocenters. The van der Waals surface area contributed by atoms with Crippen molar-refractivity contribution in [3.05, 3.63) is 46.8 Å². The summed E-state index contributed by atoms with van der Waals surface area (Å²) < 4.78 is 12.6. The zero-order valence-electron chi connectivity index (χ0n) is 8.00. The van der Waals surface area contributed by atoms with Crippen molar-refractivity contribution in [3.63, 3.8) is 0 Å². The van der Waals surface area contributed by atoms with E-state index in [1.54, 1.807) is 12.1 Å². The molecule has 1 nitrogen and oxygen atoms in total. The van der Waals surface area contributed by atoms with Gasteiger partial charge < -0.3 is 5.73 Å². The first kappa shape index (κ1) is 11.2. The summed E-state index contributed by atoms with van der Waals surface area (Å²) in [5, 5.41) is 0. The number of rotatable bonds is 3. The Labute approximate surface area is 88.4 Å². The number of benzene rings is 1. The summed E-state index contributed by atoms with van der Waals surface area (Å²) in [7, 11) is 0. The van der Waals surface area contributed by atoms with E-state index in [0.29, 0.717) is 6.54 Å². The Balaban J connectivity index is 2.89. The van der Waals surface area contributed by atoms with Crippen molar-refractivity contribution >= 4 is 11.6 Å². The minimum atomic E-state index is -0.231. The average Bonchev–Trinajstić information content (AvgIpc) is 2.20. The molecule has 2 N–H and O–H groups in total. The van der Waals surface area contributed by atoms with Crippen molar-refractivity contribution in [2.24, 2.45) is 5.73 Å². The third-order valence-corrected chi connectivity index (χ3v) is 2.58. The summed E-state index contributed by atoms with van der Waals surface area (Å²) in [6, 6.07) is 6.37. The molecule has 0 aromatic heterocycles. The molecule has 0 fully saturated rings. The molecule has 0 radical (unpaired) electrons. The highest BCUT2D eigenvalue weighted by atomic mass is 35.5. The molecule has 0 spiro atoms. The second kappa shape index (κ2) is 5.13. The maximum atomic E-state index is 12.6. The number of nitrogens with two attached hydrogens (primary N) is 1. The fraction of sp³-hybridized carbons (Fsp3) is 0.273. The largest absolute Gasteiger partial charge is 0.327 e. The molecule has 1 rings (SSSR count). The van der Waals surface area contributed by atoms with E-state index in [1.807, 2.05) is 6.92 Å². The Kier molecular flexibility index (Phi) is 4.11. The fourth-order valence-corrected chi connectivity index (χ4v) is 1.56. The molecule has 1 aromatic carbocycles. The lowest BCUT2D eigenvalue weighted by Gasteiger charge is -2.13. The molecule has 1 unspecified atom stereocenters. The van der Waals surface area contributed by atoms with E-state index in [1.165, 1.54) is 17.7 Å². The van der Waals surface area contributed by atoms with Crippen molar-refractivity contribution in [2.45, 2.75) is 12.8 Å². The monoisotopic (exact) mass is 213 g/mol. The first-order valence-corrected chi connectivity index (χ1v) is 4.87. The van der Waals surface area contributed by atoms with E-state index in [2.05, 4.69) is 0 Å². The molecule has 0 bridgehead atoms. The van der Waals surface area contributed by atoms with Crippen LogP contribution >= 0.6 is 11.6 Å². The summed E-state index contributed by atoms with van der Waals surface area (Å²) in [5.41, 5.74) is 8.98. The smallest absolute Gasteiger partial charge is 0.123 e. The Hall–Kier alpha value is -0.860. The van der Waals surface area contributed by atoms with E-state index < -0.39 is 0 Å². The van der Waals surface area contributed by atoms with Crippen LogP contribution in [-0.4, -0.2) is 6.54 Å². The van der Waals surface area contributed by atoms with Crippen LogP contribution in [-0.2, 0) is 0 Å². The summed E-state index contributed by atoms with van der Waals surface area (Å²) in [4.78, 5) is 0. The summed E-state index contributed by atoms with van der Waals surface area (Å²) >= 11 is 5.63. The normalized spacial score (nSPS) is 14.1. The molecule has 14 heavy (non-hydrogen) atoms. The molecule has 0 amide bonds. The standard InChI is InChI=1S/C11H13ClFN/c1-8(10(6-12)7-14)9-2-4-11(13)5-3-9/h2-6,8H,7,14H2,1H3/b10-6-. The lowest BCUT2D eigenvalue weighted by Crippen LogP contribution is -2.09. The molecule has 0 aliphatic heterocycles. The Morgan fingerprint density at radius 1 is 1.50 bits per heavy atom. The average molecular weight is 214 g/mol. The highest BCUT2D eigenvalue weighted by molar-refractivity contribution is 6.25. The van der Waals surface area contributed by atoms with Crippen molar-refractivity contribution in [1.29, 1.82) is 0 Å². The first-order chi connectivity index (χ1) is 6.69. The van der Waals surface area contributed by atoms with Gasteiger partial charge in [-0.25, -0.2) is 4.39 Å². The highest BCUT2D eigenvalue weighted by Gasteiger charge is 2.09. The predicted octanol–water partition coefficient (Wildman–Crippen LogP) is 3.01. The van der Waals surface area contributed by atoms with Gasteiger partial charge in [0, 0.05) is 18.0 Å². The molecule has 0 saturated carbocycles. The van der Waals surface area contributed by atoms with E-state index >= 15 is 0 Å². The van der Waals surface area contributed by atoms with Crippen molar-refractivity contribution in [3.8, 4) is 0 Å². The van der Waals surface area contributed by atoms with Gasteiger partial charge in [0.1, 0.15) is 5.82 Å². The second-order valence-corrected chi connectivity index (χ2v) is 3.38. The van der Waals surface area contributed by atoms with Crippen molar-refractivity contribution in [1.82, 2.24) is 0 Å². The van der Waals surface area contributed by atoms with Crippen molar-refractivity contribution in [2.75, 3.05) is 6.54 Å². The molecule has 0 aliphatic rings. The van der Waals surface area contributed by atoms with Crippen LogP contribution in [0.1, 0.15) is 18.4 Å². The zero-order valence-corrected chi connectivity index (χ0v) is 8.76. The SMILES string of the molecule is CC(/C(=C\Cl)CN)c1ccc(F)cc1. The van der Waals surface area contributed by atoms with E-state index in [0.717, 1.165) is 11.1 Å². The zero-order chi connectivity index (χ0) is 10.6. The molecule has 0 saturated heterocycles. The fourth-order valence-electron chi connectivity index (χ4n) is 1.28. The minimum absolute atomic E-state index is 0.137. The van der Waals surface area contributed by atoms with Crippen molar-refractivity contribution < 1.29 is 4.39 Å². The summed E-state index contributed by atoms with van der Waals surface area (Å²) in [6.45, 7) is 2.41. The predicted molar refractivity (Wildman–Crippen MR) is 57.8 cm³/mol. The van der Waals surface area contributed by atoms with Gasteiger partial charge >= 0.3 is 0 Å². The van der Waals surface area contributed by atoms with Gasteiger partial charge in [0.2, 0.25) is 0 Å². The molecule has 76 valence electrons. The van der Waals surface area contributed by atoms with Crippen LogP contribution in [0.2, 0.25) is 0 Å². The minimum Gasteiger partial charge on any atom is -0.327 e. The van der Waals surface area contributed by atoms with E-state index in [-0.39, 0.29) is 11.7 Å². The highest BCUT2D eigenvalue weighted by Crippen LogP contribution is 2.23. The summed E-state index contributed by atoms with van der Waals surface area (Å²) in [5.74, 6) is -0.0943. The van der Waals surface area contributed by atoms with Gasteiger partial charge in [-0.2, -0.15) is 0 Å². The molecule has 0 heterocycles. The van der Waals surface area contributed by atoms with Crippen LogP contribution in [0.15, 0.2) is 35.4 Å². The lowest BCUT2D eigenvalue weighted by molar-refractivity contribution is 0.626. The maximum absolute atomic E-state index is 12.6. The van der Waals surface area contributed by atoms with E-state index in [4.69, 9.17) is 17.3 Å². The molecular weight excluding hydrogens is 201 g/mol. The van der Waals surface area contributed by atoms with E-state index in [9.17, 15) is 4.39 Å². The molecule has 1 aromatic rings. The van der Waals surface area contributed by atoms with Crippen LogP contribution in [0.25, 0.3) is 0 Å². The van der Waals surface area contributed by atoms with Gasteiger partial charge in [-0.1, -0.05) is 30.7 Å². The van der Waals surface area contributed by atoms with Crippen LogP contribution in [0.4, 0.5) is 4.39 Å². The second-order valence-electron chi connectivity index (χ2n) is 3.16. The van der Waals surface area contributed by atoms with Crippen LogP contribution < -0.4 is 5.73 Å². The number of hydrogen-bond acceptors (Lipinski definition) is 1. The number of hydrogen-bond donors (Lipinski definition) is 1. The third kappa shape index (κ3) is 2.56. The topological polar surface area (TPSA) is 26.0 Å². The summed E-state index contributed by atoms with van der Waals surface area (Å²) in [6.07, 6.45) is 0. The van der Waals surface area contributed by atoms with Gasteiger partial charge in [0.15, 0.2) is 0 Å². The molecule has 0 aliphatic carbocycles. The lowest BCUT2D eigenvalue weighted by atomic mass is 9.94.